The molecule has 0 saturated heterocycles. The lowest BCUT2D eigenvalue weighted by Gasteiger charge is -2.37. The minimum Gasteiger partial charge on any atom is -0.330 e. The van der Waals surface area contributed by atoms with Gasteiger partial charge in [0.1, 0.15) is 0 Å². The lowest BCUT2D eigenvalue weighted by Crippen LogP contribution is -2.37. The minimum atomic E-state index is 0.220. The van der Waals surface area contributed by atoms with Crippen molar-refractivity contribution in [2.45, 2.75) is 44.1 Å². The summed E-state index contributed by atoms with van der Waals surface area (Å²) in [6, 6.07) is 6.85. The smallest absolute Gasteiger partial charge is 0.0238 e. The van der Waals surface area contributed by atoms with Crippen LogP contribution in [-0.2, 0) is 12.0 Å². The number of nitrogens with two attached hydrogens (primary N) is 1. The summed E-state index contributed by atoms with van der Waals surface area (Å²) in [5.41, 5.74) is 9.10. The Kier molecular flexibility index (Phi) is 5.04. The molecule has 2 nitrogen and oxygen atoms in total. The van der Waals surface area contributed by atoms with Gasteiger partial charge in [-0.3, -0.25) is 0 Å². The van der Waals surface area contributed by atoms with Crippen LogP contribution in [0.4, 0.5) is 0 Å². The zero-order valence-corrected chi connectivity index (χ0v) is 13.7. The van der Waals surface area contributed by atoms with Gasteiger partial charge >= 0.3 is 0 Å². The summed E-state index contributed by atoms with van der Waals surface area (Å²) in [5, 5.41) is 0. The third kappa shape index (κ3) is 3.39. The highest BCUT2D eigenvalue weighted by Gasteiger charge is 2.32. The SMILES string of the molecule is CN(C)Cc1ccc(C2(CN)CCCCC2)cc1Br. The van der Waals surface area contributed by atoms with E-state index >= 15 is 0 Å². The summed E-state index contributed by atoms with van der Waals surface area (Å²) in [6.07, 6.45) is 6.47. The molecule has 1 fully saturated rings. The summed E-state index contributed by atoms with van der Waals surface area (Å²) in [6.45, 7) is 1.74. The van der Waals surface area contributed by atoms with Gasteiger partial charge in [-0.05, 0) is 44.1 Å². The zero-order valence-electron chi connectivity index (χ0n) is 12.1. The Morgan fingerprint density at radius 2 is 1.89 bits per heavy atom. The first kappa shape index (κ1) is 15.0. The molecule has 0 radical (unpaired) electrons. The van der Waals surface area contributed by atoms with Gasteiger partial charge in [0.05, 0.1) is 0 Å². The standard InChI is InChI=1S/C16H25BrN2/c1-19(2)11-13-6-7-14(10-15(13)17)16(12-18)8-4-3-5-9-16/h6-7,10H,3-5,8-9,11-12,18H2,1-2H3. The van der Waals surface area contributed by atoms with Crippen LogP contribution in [0.15, 0.2) is 22.7 Å². The van der Waals surface area contributed by atoms with Crippen LogP contribution in [0.25, 0.3) is 0 Å². The van der Waals surface area contributed by atoms with Crippen LogP contribution >= 0.6 is 15.9 Å². The predicted molar refractivity (Wildman–Crippen MR) is 85.4 cm³/mol. The number of nitrogens with zero attached hydrogens (tertiary/aromatic N) is 1. The second-order valence-electron chi connectivity index (χ2n) is 6.09. The van der Waals surface area contributed by atoms with Gasteiger partial charge < -0.3 is 10.6 Å². The van der Waals surface area contributed by atoms with Gasteiger partial charge in [-0.15, -0.1) is 0 Å². The van der Waals surface area contributed by atoms with Crippen LogP contribution in [0.3, 0.4) is 0 Å². The van der Waals surface area contributed by atoms with Crippen LogP contribution in [0, 0.1) is 0 Å². The molecule has 1 aromatic carbocycles. The Labute approximate surface area is 125 Å². The maximum Gasteiger partial charge on any atom is 0.0238 e. The molecule has 1 aromatic rings. The van der Waals surface area contributed by atoms with Gasteiger partial charge in [0.15, 0.2) is 0 Å². The Bertz CT molecular complexity index is 423. The summed E-state index contributed by atoms with van der Waals surface area (Å²) in [5.74, 6) is 0. The minimum absolute atomic E-state index is 0.220. The van der Waals surface area contributed by atoms with E-state index in [9.17, 15) is 0 Å². The summed E-state index contributed by atoms with van der Waals surface area (Å²) < 4.78 is 1.22. The Hall–Kier alpha value is -0.380. The average molecular weight is 325 g/mol. The van der Waals surface area contributed by atoms with E-state index in [1.165, 1.54) is 47.7 Å². The van der Waals surface area contributed by atoms with E-state index < -0.39 is 0 Å². The Morgan fingerprint density at radius 3 is 2.42 bits per heavy atom. The molecule has 1 aliphatic rings. The fourth-order valence-corrected chi connectivity index (χ4v) is 3.69. The van der Waals surface area contributed by atoms with Crippen LogP contribution in [0.5, 0.6) is 0 Å². The normalized spacial score (nSPS) is 18.8. The monoisotopic (exact) mass is 324 g/mol. The van der Waals surface area contributed by atoms with Crippen molar-refractivity contribution in [3.8, 4) is 0 Å². The molecule has 0 spiro atoms. The highest BCUT2D eigenvalue weighted by Crippen LogP contribution is 2.39. The van der Waals surface area contributed by atoms with Crippen LogP contribution in [0.2, 0.25) is 0 Å². The molecule has 0 amide bonds. The molecule has 0 atom stereocenters. The summed E-state index contributed by atoms with van der Waals surface area (Å²) in [7, 11) is 4.20. The molecule has 0 aromatic heterocycles. The predicted octanol–water partition coefficient (Wildman–Crippen LogP) is 3.67. The van der Waals surface area contributed by atoms with Crippen molar-refractivity contribution < 1.29 is 0 Å². The van der Waals surface area contributed by atoms with E-state index in [4.69, 9.17) is 5.73 Å². The average Bonchev–Trinajstić information content (AvgIpc) is 2.41. The van der Waals surface area contributed by atoms with Crippen molar-refractivity contribution in [3.63, 3.8) is 0 Å². The molecule has 1 aliphatic carbocycles. The molecule has 0 bridgehead atoms. The lowest BCUT2D eigenvalue weighted by molar-refractivity contribution is 0.300. The van der Waals surface area contributed by atoms with E-state index in [1.807, 2.05) is 0 Å². The van der Waals surface area contributed by atoms with E-state index in [0.29, 0.717) is 0 Å². The quantitative estimate of drug-likeness (QED) is 0.915. The second kappa shape index (κ2) is 6.38. The van der Waals surface area contributed by atoms with Gasteiger partial charge in [0.2, 0.25) is 0 Å². The highest BCUT2D eigenvalue weighted by atomic mass is 79.9. The molecular weight excluding hydrogens is 300 g/mol. The van der Waals surface area contributed by atoms with Gasteiger partial charge in [0.25, 0.3) is 0 Å². The second-order valence-corrected chi connectivity index (χ2v) is 6.94. The van der Waals surface area contributed by atoms with Gasteiger partial charge in [-0.25, -0.2) is 0 Å². The lowest BCUT2D eigenvalue weighted by atomic mass is 9.69. The highest BCUT2D eigenvalue weighted by molar-refractivity contribution is 9.10. The molecule has 0 heterocycles. The molecule has 2 N–H and O–H groups in total. The van der Waals surface area contributed by atoms with Crippen LogP contribution in [0.1, 0.15) is 43.2 Å². The molecular formula is C16H25BrN2. The van der Waals surface area contributed by atoms with E-state index in [1.54, 1.807) is 0 Å². The molecule has 0 unspecified atom stereocenters. The number of hydrogen-bond donors (Lipinski definition) is 1. The van der Waals surface area contributed by atoms with E-state index in [0.717, 1.165) is 13.1 Å². The first-order valence-electron chi connectivity index (χ1n) is 7.21. The molecule has 2 rings (SSSR count). The zero-order chi connectivity index (χ0) is 13.9. The van der Waals surface area contributed by atoms with E-state index in [-0.39, 0.29) is 5.41 Å². The number of benzene rings is 1. The molecule has 106 valence electrons. The van der Waals surface area contributed by atoms with Gasteiger partial charge in [-0.1, -0.05) is 47.3 Å². The van der Waals surface area contributed by atoms with Gasteiger partial charge in [-0.2, -0.15) is 0 Å². The van der Waals surface area contributed by atoms with Crippen LogP contribution in [-0.4, -0.2) is 25.5 Å². The fourth-order valence-electron chi connectivity index (χ4n) is 3.19. The largest absolute Gasteiger partial charge is 0.330 e. The molecule has 19 heavy (non-hydrogen) atoms. The number of halogens is 1. The van der Waals surface area contributed by atoms with Crippen molar-refractivity contribution >= 4 is 15.9 Å². The maximum absolute atomic E-state index is 6.12. The first-order valence-corrected chi connectivity index (χ1v) is 8.00. The summed E-state index contributed by atoms with van der Waals surface area (Å²) in [4.78, 5) is 2.19. The van der Waals surface area contributed by atoms with Gasteiger partial charge in [0, 0.05) is 23.0 Å². The topological polar surface area (TPSA) is 29.3 Å². The Balaban J connectivity index is 2.27. The van der Waals surface area contributed by atoms with Crippen molar-refractivity contribution in [2.24, 2.45) is 5.73 Å². The number of hydrogen-bond acceptors (Lipinski definition) is 2. The van der Waals surface area contributed by atoms with Crippen molar-refractivity contribution in [2.75, 3.05) is 20.6 Å². The Morgan fingerprint density at radius 1 is 1.21 bits per heavy atom. The molecule has 0 aliphatic heterocycles. The third-order valence-corrected chi connectivity index (χ3v) is 5.09. The molecule has 3 heteroatoms. The van der Waals surface area contributed by atoms with Crippen molar-refractivity contribution in [3.05, 3.63) is 33.8 Å². The van der Waals surface area contributed by atoms with E-state index in [2.05, 4.69) is 53.1 Å². The first-order chi connectivity index (χ1) is 9.07. The van der Waals surface area contributed by atoms with Crippen LogP contribution < -0.4 is 5.73 Å². The third-order valence-electron chi connectivity index (χ3n) is 4.35. The van der Waals surface area contributed by atoms with Crippen molar-refractivity contribution in [1.29, 1.82) is 0 Å². The molecule has 1 saturated carbocycles. The fraction of sp³-hybridized carbons (Fsp3) is 0.625. The number of rotatable bonds is 4. The maximum atomic E-state index is 6.12. The van der Waals surface area contributed by atoms with Crippen molar-refractivity contribution in [1.82, 2.24) is 4.90 Å². The summed E-state index contributed by atoms with van der Waals surface area (Å²) >= 11 is 3.73.